The second-order valence-electron chi connectivity index (χ2n) is 6.31. The molecule has 0 fully saturated rings. The summed E-state index contributed by atoms with van der Waals surface area (Å²) in [4.78, 5) is 28.4. The molecule has 0 aliphatic heterocycles. The van der Waals surface area contributed by atoms with Gasteiger partial charge >= 0.3 is 6.03 Å². The van der Waals surface area contributed by atoms with E-state index < -0.39 is 0 Å². The van der Waals surface area contributed by atoms with E-state index in [9.17, 15) is 9.59 Å². The van der Waals surface area contributed by atoms with Gasteiger partial charge in [0.2, 0.25) is 5.91 Å². The topological polar surface area (TPSA) is 101 Å². The molecule has 2 heterocycles. The van der Waals surface area contributed by atoms with Crippen molar-refractivity contribution in [2.24, 2.45) is 7.05 Å². The molecule has 0 radical (unpaired) electrons. The van der Waals surface area contributed by atoms with Gasteiger partial charge in [-0.05, 0) is 24.6 Å². The van der Waals surface area contributed by atoms with Gasteiger partial charge in [0.15, 0.2) is 0 Å². The molecule has 1 atom stereocenters. The molecule has 0 unspecified atom stereocenters. The molecule has 3 amide bonds. The summed E-state index contributed by atoms with van der Waals surface area (Å²) in [5.41, 5.74) is 2.38. The minimum atomic E-state index is -0.367. The Bertz CT molecular complexity index is 1010. The van der Waals surface area contributed by atoms with E-state index in [0.717, 1.165) is 16.5 Å². The number of hydrogen-bond donors (Lipinski definition) is 3. The van der Waals surface area contributed by atoms with Crippen molar-refractivity contribution < 1.29 is 9.59 Å². The lowest BCUT2D eigenvalue weighted by Gasteiger charge is -2.15. The van der Waals surface area contributed by atoms with E-state index in [-0.39, 0.29) is 24.5 Å². The summed E-state index contributed by atoms with van der Waals surface area (Å²) in [7, 11) is 1.80. The van der Waals surface area contributed by atoms with Crippen molar-refractivity contribution in [1.82, 2.24) is 25.4 Å². The van der Waals surface area contributed by atoms with Gasteiger partial charge in [-0.1, -0.05) is 36.9 Å². The standard InChI is InChI=1S/C20H22N6O2/c1-4-18(27)21-12-16-19-15(11-22-26(19)3)10-17(24-16)25-20(28)23-13(2)14-8-6-5-7-9-14/h4-11,13H,1,12H2,2-3H3,(H,21,27)(H2,23,24,25,28)/t13-/m1/s1. The van der Waals surface area contributed by atoms with Crippen LogP contribution in [0.3, 0.4) is 0 Å². The van der Waals surface area contributed by atoms with Crippen LogP contribution in [-0.4, -0.2) is 26.7 Å². The predicted octanol–water partition coefficient (Wildman–Crippen LogP) is 2.65. The first-order valence-corrected chi connectivity index (χ1v) is 8.82. The first-order valence-electron chi connectivity index (χ1n) is 8.82. The fraction of sp³-hybridized carbons (Fsp3) is 0.200. The van der Waals surface area contributed by atoms with Crippen LogP contribution in [0.15, 0.2) is 55.3 Å². The molecule has 8 nitrogen and oxygen atoms in total. The quantitative estimate of drug-likeness (QED) is 0.574. The highest BCUT2D eigenvalue weighted by atomic mass is 16.2. The number of anilines is 1. The van der Waals surface area contributed by atoms with Gasteiger partial charge in [0.25, 0.3) is 0 Å². The Morgan fingerprint density at radius 1 is 1.29 bits per heavy atom. The van der Waals surface area contributed by atoms with E-state index in [1.54, 1.807) is 24.0 Å². The molecule has 0 saturated heterocycles. The monoisotopic (exact) mass is 378 g/mol. The second-order valence-corrected chi connectivity index (χ2v) is 6.31. The zero-order chi connectivity index (χ0) is 20.1. The third-order valence-corrected chi connectivity index (χ3v) is 4.29. The van der Waals surface area contributed by atoms with E-state index in [4.69, 9.17) is 0 Å². The van der Waals surface area contributed by atoms with Crippen molar-refractivity contribution >= 4 is 28.7 Å². The third kappa shape index (κ3) is 4.35. The highest BCUT2D eigenvalue weighted by molar-refractivity contribution is 5.92. The van der Waals surface area contributed by atoms with Gasteiger partial charge in [-0.2, -0.15) is 5.10 Å². The molecule has 0 spiro atoms. The molecule has 2 aromatic heterocycles. The van der Waals surface area contributed by atoms with Crippen LogP contribution in [0.2, 0.25) is 0 Å². The van der Waals surface area contributed by atoms with Crippen LogP contribution in [0.5, 0.6) is 0 Å². The molecule has 8 heteroatoms. The summed E-state index contributed by atoms with van der Waals surface area (Å²) in [5, 5.41) is 13.4. The number of nitrogens with zero attached hydrogens (tertiary/aromatic N) is 3. The number of urea groups is 1. The van der Waals surface area contributed by atoms with Crippen LogP contribution >= 0.6 is 0 Å². The van der Waals surface area contributed by atoms with Crippen molar-refractivity contribution in [1.29, 1.82) is 0 Å². The lowest BCUT2D eigenvalue weighted by atomic mass is 10.1. The number of aromatic nitrogens is 3. The van der Waals surface area contributed by atoms with Crippen molar-refractivity contribution in [3.63, 3.8) is 0 Å². The summed E-state index contributed by atoms with van der Waals surface area (Å²) in [6.45, 7) is 5.54. The van der Waals surface area contributed by atoms with Crippen LogP contribution in [0.1, 0.15) is 24.2 Å². The van der Waals surface area contributed by atoms with Crippen molar-refractivity contribution in [3.05, 3.63) is 66.5 Å². The Hall–Kier alpha value is -3.68. The maximum absolute atomic E-state index is 12.4. The van der Waals surface area contributed by atoms with E-state index in [1.807, 2.05) is 37.3 Å². The number of hydrogen-bond acceptors (Lipinski definition) is 4. The Morgan fingerprint density at radius 3 is 2.75 bits per heavy atom. The highest BCUT2D eigenvalue weighted by Crippen LogP contribution is 2.21. The molecule has 3 aromatic rings. The average molecular weight is 378 g/mol. The molecular formula is C20H22N6O2. The first kappa shape index (κ1) is 19.1. The average Bonchev–Trinajstić information content (AvgIpc) is 3.07. The van der Waals surface area contributed by atoms with Gasteiger partial charge in [-0.15, -0.1) is 0 Å². The Morgan fingerprint density at radius 2 is 2.04 bits per heavy atom. The van der Waals surface area contributed by atoms with Crippen LogP contribution in [0.4, 0.5) is 10.6 Å². The van der Waals surface area contributed by atoms with E-state index in [2.05, 4.69) is 32.6 Å². The van der Waals surface area contributed by atoms with Gasteiger partial charge in [0, 0.05) is 12.4 Å². The molecule has 3 N–H and O–H groups in total. The van der Waals surface area contributed by atoms with Crippen LogP contribution in [0.25, 0.3) is 10.9 Å². The smallest absolute Gasteiger partial charge is 0.320 e. The lowest BCUT2D eigenvalue weighted by Crippen LogP contribution is -2.31. The number of benzene rings is 1. The molecule has 0 bridgehead atoms. The minimum Gasteiger partial charge on any atom is -0.347 e. The number of carbonyl (C=O) groups is 2. The number of fused-ring (bicyclic) bond motifs is 1. The van der Waals surface area contributed by atoms with Gasteiger partial charge < -0.3 is 10.6 Å². The molecule has 0 aliphatic rings. The van der Waals surface area contributed by atoms with Gasteiger partial charge in [-0.3, -0.25) is 14.8 Å². The lowest BCUT2D eigenvalue weighted by molar-refractivity contribution is -0.116. The largest absolute Gasteiger partial charge is 0.347 e. The fourth-order valence-corrected chi connectivity index (χ4v) is 2.90. The summed E-state index contributed by atoms with van der Waals surface area (Å²) in [5.74, 6) is 0.0750. The predicted molar refractivity (Wildman–Crippen MR) is 108 cm³/mol. The molecular weight excluding hydrogens is 356 g/mol. The van der Waals surface area contributed by atoms with E-state index >= 15 is 0 Å². The molecule has 0 saturated carbocycles. The fourth-order valence-electron chi connectivity index (χ4n) is 2.90. The molecule has 3 rings (SSSR count). The Labute approximate surface area is 162 Å². The summed E-state index contributed by atoms with van der Waals surface area (Å²) in [6, 6.07) is 10.9. The molecule has 28 heavy (non-hydrogen) atoms. The molecule has 1 aromatic carbocycles. The number of nitrogens with one attached hydrogen (secondary N) is 3. The number of pyridine rings is 1. The Balaban J connectivity index is 1.77. The van der Waals surface area contributed by atoms with E-state index in [0.29, 0.717) is 11.5 Å². The normalized spacial score (nSPS) is 11.6. The van der Waals surface area contributed by atoms with Crippen LogP contribution in [-0.2, 0) is 18.4 Å². The van der Waals surface area contributed by atoms with Crippen molar-refractivity contribution in [2.45, 2.75) is 19.5 Å². The third-order valence-electron chi connectivity index (χ3n) is 4.29. The SMILES string of the molecule is C=CC(=O)NCc1nc(NC(=O)N[C@H](C)c2ccccc2)cc2cnn(C)c12. The number of carbonyl (C=O) groups excluding carboxylic acids is 2. The second kappa shape index (κ2) is 8.34. The number of rotatable bonds is 6. The number of amides is 3. The van der Waals surface area contributed by atoms with Gasteiger partial charge in [0.1, 0.15) is 5.82 Å². The number of aryl methyl sites for hydroxylation is 1. The minimum absolute atomic E-state index is 0.158. The summed E-state index contributed by atoms with van der Waals surface area (Å²) >= 11 is 0. The van der Waals surface area contributed by atoms with Gasteiger partial charge in [-0.25, -0.2) is 9.78 Å². The van der Waals surface area contributed by atoms with Crippen LogP contribution in [0, 0.1) is 0 Å². The van der Waals surface area contributed by atoms with Crippen LogP contribution < -0.4 is 16.0 Å². The maximum Gasteiger partial charge on any atom is 0.320 e. The zero-order valence-electron chi connectivity index (χ0n) is 15.8. The Kier molecular flexibility index (Phi) is 5.69. The maximum atomic E-state index is 12.4. The molecule has 144 valence electrons. The van der Waals surface area contributed by atoms with Crippen molar-refractivity contribution in [2.75, 3.05) is 5.32 Å². The van der Waals surface area contributed by atoms with Gasteiger partial charge in [0.05, 0.1) is 30.0 Å². The van der Waals surface area contributed by atoms with Crippen molar-refractivity contribution in [3.8, 4) is 0 Å². The highest BCUT2D eigenvalue weighted by Gasteiger charge is 2.14. The summed E-state index contributed by atoms with van der Waals surface area (Å²) < 4.78 is 1.68. The first-order chi connectivity index (χ1) is 13.5. The zero-order valence-corrected chi connectivity index (χ0v) is 15.8. The van der Waals surface area contributed by atoms with E-state index in [1.165, 1.54) is 6.08 Å². The summed E-state index contributed by atoms with van der Waals surface area (Å²) in [6.07, 6.45) is 2.88. The molecule has 0 aliphatic carbocycles.